The zero-order valence-corrected chi connectivity index (χ0v) is 8.30. The molecule has 1 atom stereocenters. The molecular weight excluding hydrogens is 166 g/mol. The molecule has 3 heteroatoms. The molecule has 1 N–H and O–H groups in total. The van der Waals surface area contributed by atoms with Gasteiger partial charge in [-0.1, -0.05) is 0 Å². The second kappa shape index (κ2) is 2.98. The van der Waals surface area contributed by atoms with Crippen LogP contribution < -0.4 is 5.32 Å². The van der Waals surface area contributed by atoms with E-state index in [9.17, 15) is 4.79 Å². The number of carbonyl (C=O) groups is 1. The van der Waals surface area contributed by atoms with E-state index in [1.807, 2.05) is 0 Å². The van der Waals surface area contributed by atoms with E-state index in [1.54, 1.807) is 0 Å². The summed E-state index contributed by atoms with van der Waals surface area (Å²) in [7, 11) is 1.47. The van der Waals surface area contributed by atoms with Crippen LogP contribution in [-0.2, 0) is 9.53 Å². The Bertz CT molecular complexity index is 219. The van der Waals surface area contributed by atoms with Gasteiger partial charge in [0.1, 0.15) is 6.04 Å². The lowest BCUT2D eigenvalue weighted by Crippen LogP contribution is -2.45. The molecule has 0 saturated heterocycles. The van der Waals surface area contributed by atoms with Crippen molar-refractivity contribution in [2.75, 3.05) is 7.11 Å². The fraction of sp³-hybridized carbons (Fsp3) is 0.900. The Labute approximate surface area is 78.8 Å². The van der Waals surface area contributed by atoms with Gasteiger partial charge in [-0.15, -0.1) is 0 Å². The van der Waals surface area contributed by atoms with Crippen molar-refractivity contribution in [1.29, 1.82) is 0 Å². The average Bonchev–Trinajstić information content (AvgIpc) is 2.95. The summed E-state index contributed by atoms with van der Waals surface area (Å²) in [6, 6.07) is -0.0440. The van der Waals surface area contributed by atoms with Gasteiger partial charge in [-0.2, -0.15) is 0 Å². The summed E-state index contributed by atoms with van der Waals surface area (Å²) in [5.41, 5.74) is 0.224. The predicted molar refractivity (Wildman–Crippen MR) is 49.3 cm³/mol. The Hall–Kier alpha value is -0.570. The van der Waals surface area contributed by atoms with E-state index < -0.39 is 0 Å². The highest BCUT2D eigenvalue weighted by Gasteiger charge is 2.45. The molecule has 13 heavy (non-hydrogen) atoms. The number of rotatable bonds is 4. The standard InChI is InChI=1S/C10H17NO2/c1-10(5-6-10)11-8(7-3-4-7)9(12)13-2/h7-8,11H,3-6H2,1-2H3. The summed E-state index contributed by atoms with van der Waals surface area (Å²) in [5, 5.41) is 3.41. The molecule has 0 aliphatic heterocycles. The third-order valence-electron chi connectivity index (χ3n) is 3.05. The second-order valence-electron chi connectivity index (χ2n) is 4.54. The van der Waals surface area contributed by atoms with E-state index in [0.29, 0.717) is 5.92 Å². The molecule has 0 amide bonds. The lowest BCUT2D eigenvalue weighted by molar-refractivity contribution is -0.144. The molecule has 2 aliphatic carbocycles. The van der Waals surface area contributed by atoms with Crippen molar-refractivity contribution in [3.63, 3.8) is 0 Å². The van der Waals surface area contributed by atoms with E-state index in [2.05, 4.69) is 12.2 Å². The Morgan fingerprint density at radius 1 is 1.54 bits per heavy atom. The highest BCUT2D eigenvalue weighted by molar-refractivity contribution is 5.76. The van der Waals surface area contributed by atoms with Crippen molar-refractivity contribution >= 4 is 5.97 Å². The summed E-state index contributed by atoms with van der Waals surface area (Å²) in [6.45, 7) is 2.17. The van der Waals surface area contributed by atoms with Gasteiger partial charge in [-0.25, -0.2) is 0 Å². The van der Waals surface area contributed by atoms with Crippen molar-refractivity contribution < 1.29 is 9.53 Å². The smallest absolute Gasteiger partial charge is 0.323 e. The number of carbonyl (C=O) groups excluding carboxylic acids is 1. The van der Waals surface area contributed by atoms with Crippen molar-refractivity contribution in [2.45, 2.75) is 44.2 Å². The fourth-order valence-electron chi connectivity index (χ4n) is 1.63. The van der Waals surface area contributed by atoms with Crippen LogP contribution >= 0.6 is 0 Å². The maximum Gasteiger partial charge on any atom is 0.323 e. The first-order valence-electron chi connectivity index (χ1n) is 5.00. The van der Waals surface area contributed by atoms with E-state index in [4.69, 9.17) is 4.74 Å². The van der Waals surface area contributed by atoms with Crippen molar-refractivity contribution in [1.82, 2.24) is 5.32 Å². The molecule has 0 aromatic carbocycles. The van der Waals surface area contributed by atoms with Gasteiger partial charge in [-0.05, 0) is 38.5 Å². The van der Waals surface area contributed by atoms with Crippen LogP contribution in [0.15, 0.2) is 0 Å². The Morgan fingerprint density at radius 3 is 2.54 bits per heavy atom. The Morgan fingerprint density at radius 2 is 2.15 bits per heavy atom. The molecule has 0 aromatic rings. The molecule has 2 saturated carbocycles. The number of methoxy groups -OCH3 is 1. The lowest BCUT2D eigenvalue weighted by Gasteiger charge is -2.20. The Balaban J connectivity index is 1.92. The van der Waals surface area contributed by atoms with Gasteiger partial charge >= 0.3 is 5.97 Å². The van der Waals surface area contributed by atoms with E-state index in [-0.39, 0.29) is 17.6 Å². The van der Waals surface area contributed by atoms with Gasteiger partial charge in [0.05, 0.1) is 7.11 Å². The van der Waals surface area contributed by atoms with Crippen LogP contribution in [0, 0.1) is 5.92 Å². The van der Waals surface area contributed by atoms with Crippen LogP contribution in [0.2, 0.25) is 0 Å². The molecule has 0 heterocycles. The minimum atomic E-state index is -0.0874. The van der Waals surface area contributed by atoms with E-state index in [0.717, 1.165) is 0 Å². The molecular formula is C10H17NO2. The average molecular weight is 183 g/mol. The topological polar surface area (TPSA) is 38.3 Å². The molecule has 2 aliphatic rings. The summed E-state index contributed by atoms with van der Waals surface area (Å²) in [5.74, 6) is 0.445. The highest BCUT2D eigenvalue weighted by atomic mass is 16.5. The predicted octanol–water partition coefficient (Wildman–Crippen LogP) is 1.08. The first kappa shape index (κ1) is 9.00. The summed E-state index contributed by atoms with van der Waals surface area (Å²) >= 11 is 0. The molecule has 0 spiro atoms. The molecule has 2 rings (SSSR count). The monoisotopic (exact) mass is 183 g/mol. The van der Waals surface area contributed by atoms with Gasteiger partial charge in [0.2, 0.25) is 0 Å². The lowest BCUT2D eigenvalue weighted by atomic mass is 10.1. The largest absolute Gasteiger partial charge is 0.468 e. The molecule has 0 radical (unpaired) electrons. The SMILES string of the molecule is COC(=O)C(NC1(C)CC1)C1CC1. The first-order valence-corrected chi connectivity index (χ1v) is 5.00. The van der Waals surface area contributed by atoms with Crippen LogP contribution in [0.25, 0.3) is 0 Å². The number of ether oxygens (including phenoxy) is 1. The van der Waals surface area contributed by atoms with E-state index >= 15 is 0 Å². The molecule has 74 valence electrons. The van der Waals surface area contributed by atoms with Crippen LogP contribution in [0.4, 0.5) is 0 Å². The van der Waals surface area contributed by atoms with Gasteiger partial charge in [0.25, 0.3) is 0 Å². The summed E-state index contributed by atoms with van der Waals surface area (Å²) in [4.78, 5) is 11.4. The van der Waals surface area contributed by atoms with Crippen molar-refractivity contribution in [3.8, 4) is 0 Å². The number of nitrogens with one attached hydrogen (secondary N) is 1. The van der Waals surface area contributed by atoms with Gasteiger partial charge < -0.3 is 4.74 Å². The summed E-state index contributed by atoms with van der Waals surface area (Å²) in [6.07, 6.45) is 4.71. The third kappa shape index (κ3) is 2.02. The van der Waals surface area contributed by atoms with Gasteiger partial charge in [0, 0.05) is 5.54 Å². The first-order chi connectivity index (χ1) is 6.14. The number of hydrogen-bond acceptors (Lipinski definition) is 3. The minimum absolute atomic E-state index is 0.0440. The molecule has 0 aromatic heterocycles. The molecule has 1 unspecified atom stereocenters. The van der Waals surface area contributed by atoms with Gasteiger partial charge in [0.15, 0.2) is 0 Å². The number of hydrogen-bond donors (Lipinski definition) is 1. The molecule has 2 fully saturated rings. The normalized spacial score (nSPS) is 26.6. The van der Waals surface area contributed by atoms with E-state index in [1.165, 1.54) is 32.8 Å². The summed E-state index contributed by atoms with van der Waals surface area (Å²) < 4.78 is 4.79. The molecule has 0 bridgehead atoms. The zero-order valence-electron chi connectivity index (χ0n) is 8.30. The van der Waals surface area contributed by atoms with Crippen LogP contribution in [0.3, 0.4) is 0 Å². The Kier molecular flexibility index (Phi) is 2.06. The highest BCUT2D eigenvalue weighted by Crippen LogP contribution is 2.39. The van der Waals surface area contributed by atoms with Gasteiger partial charge in [-0.3, -0.25) is 10.1 Å². The number of esters is 1. The maximum absolute atomic E-state index is 11.4. The fourth-order valence-corrected chi connectivity index (χ4v) is 1.63. The van der Waals surface area contributed by atoms with Crippen molar-refractivity contribution in [2.24, 2.45) is 5.92 Å². The van der Waals surface area contributed by atoms with Crippen molar-refractivity contribution in [3.05, 3.63) is 0 Å². The maximum atomic E-state index is 11.4. The minimum Gasteiger partial charge on any atom is -0.468 e. The van der Waals surface area contributed by atoms with Crippen LogP contribution in [0.1, 0.15) is 32.6 Å². The zero-order chi connectivity index (χ0) is 9.47. The second-order valence-corrected chi connectivity index (χ2v) is 4.54. The quantitative estimate of drug-likeness (QED) is 0.663. The van der Waals surface area contributed by atoms with Crippen LogP contribution in [-0.4, -0.2) is 24.7 Å². The molecule has 3 nitrogen and oxygen atoms in total. The van der Waals surface area contributed by atoms with Crippen LogP contribution in [0.5, 0.6) is 0 Å². The third-order valence-corrected chi connectivity index (χ3v) is 3.05.